The summed E-state index contributed by atoms with van der Waals surface area (Å²) in [6, 6.07) is 7.23. The zero-order valence-electron chi connectivity index (χ0n) is 14.8. The van der Waals surface area contributed by atoms with E-state index in [2.05, 4.69) is 5.32 Å². The van der Waals surface area contributed by atoms with Crippen molar-refractivity contribution in [2.75, 3.05) is 18.2 Å². The molecule has 144 valence electrons. The number of carbonyl (C=O) groups is 2. The normalized spacial score (nSPS) is 11.1. The molecule has 0 bridgehead atoms. The quantitative estimate of drug-likeness (QED) is 0.729. The summed E-state index contributed by atoms with van der Waals surface area (Å²) in [5.41, 5.74) is 2.00. The van der Waals surface area contributed by atoms with Crippen LogP contribution in [0.1, 0.15) is 21.5 Å². The number of anilines is 1. The van der Waals surface area contributed by atoms with Gasteiger partial charge in [-0.3, -0.25) is 4.79 Å². The highest BCUT2D eigenvalue weighted by Crippen LogP contribution is 2.27. The molecule has 0 aliphatic heterocycles. The van der Waals surface area contributed by atoms with Crippen LogP contribution in [-0.2, 0) is 19.4 Å². The molecule has 2 rings (SSSR count). The third-order valence-corrected chi connectivity index (χ3v) is 5.35. The molecule has 0 heterocycles. The maximum Gasteiger partial charge on any atom is 0.340 e. The summed E-state index contributed by atoms with van der Waals surface area (Å²) in [4.78, 5) is 24.2. The first-order valence-electron chi connectivity index (χ1n) is 7.72. The number of esters is 1. The monoisotopic (exact) mass is 429 g/mol. The number of sulfone groups is 1. The SMILES string of the molecule is Cc1cc(C)c(NC(=O)COC(=O)c2cc(S(C)(=O)=O)ccc2Cl)c(Cl)c1. The maximum atomic E-state index is 12.2. The first kappa shape index (κ1) is 21.2. The minimum Gasteiger partial charge on any atom is -0.452 e. The van der Waals surface area contributed by atoms with Crippen molar-refractivity contribution in [1.29, 1.82) is 0 Å². The number of nitrogens with one attached hydrogen (secondary N) is 1. The Kier molecular flexibility index (Phi) is 6.51. The lowest BCUT2D eigenvalue weighted by atomic mass is 10.1. The number of hydrogen-bond acceptors (Lipinski definition) is 5. The molecule has 0 fully saturated rings. The molecule has 0 aliphatic rings. The lowest BCUT2D eigenvalue weighted by Gasteiger charge is -2.12. The van der Waals surface area contributed by atoms with Crippen molar-refractivity contribution in [1.82, 2.24) is 0 Å². The van der Waals surface area contributed by atoms with E-state index in [0.29, 0.717) is 10.7 Å². The smallest absolute Gasteiger partial charge is 0.340 e. The average Bonchev–Trinajstić information content (AvgIpc) is 2.55. The van der Waals surface area contributed by atoms with Gasteiger partial charge in [-0.05, 0) is 49.2 Å². The van der Waals surface area contributed by atoms with Crippen molar-refractivity contribution < 1.29 is 22.7 Å². The second kappa shape index (κ2) is 8.29. The van der Waals surface area contributed by atoms with Crippen LogP contribution in [0.2, 0.25) is 10.0 Å². The number of ether oxygens (including phenoxy) is 1. The summed E-state index contributed by atoms with van der Waals surface area (Å²) in [6.07, 6.45) is 1.01. The minimum atomic E-state index is -3.52. The molecule has 0 unspecified atom stereocenters. The number of carbonyl (C=O) groups excluding carboxylic acids is 2. The van der Waals surface area contributed by atoms with Crippen molar-refractivity contribution in [3.05, 3.63) is 57.1 Å². The molecule has 0 aromatic heterocycles. The van der Waals surface area contributed by atoms with Gasteiger partial charge in [-0.25, -0.2) is 13.2 Å². The molecule has 9 heteroatoms. The van der Waals surface area contributed by atoms with Gasteiger partial charge in [0, 0.05) is 6.26 Å². The lowest BCUT2D eigenvalue weighted by molar-refractivity contribution is -0.119. The van der Waals surface area contributed by atoms with Crippen molar-refractivity contribution in [2.45, 2.75) is 18.7 Å². The summed E-state index contributed by atoms with van der Waals surface area (Å²) >= 11 is 12.1. The fourth-order valence-corrected chi connectivity index (χ4v) is 3.56. The van der Waals surface area contributed by atoms with Gasteiger partial charge in [0.15, 0.2) is 16.4 Å². The van der Waals surface area contributed by atoms with Crippen LogP contribution in [0.25, 0.3) is 0 Å². The molecular formula is C18H17Cl2NO5S. The number of halogens is 2. The summed E-state index contributed by atoms with van der Waals surface area (Å²) in [5, 5.41) is 2.98. The highest BCUT2D eigenvalue weighted by molar-refractivity contribution is 7.90. The predicted octanol–water partition coefficient (Wildman–Crippen LogP) is 3.81. The van der Waals surface area contributed by atoms with Crippen LogP contribution in [0.5, 0.6) is 0 Å². The van der Waals surface area contributed by atoms with Crippen LogP contribution in [0, 0.1) is 13.8 Å². The van der Waals surface area contributed by atoms with Gasteiger partial charge in [-0.1, -0.05) is 29.3 Å². The third kappa shape index (κ3) is 5.45. The van der Waals surface area contributed by atoms with E-state index in [1.54, 1.807) is 13.0 Å². The fraction of sp³-hybridized carbons (Fsp3) is 0.222. The zero-order valence-corrected chi connectivity index (χ0v) is 17.1. The van der Waals surface area contributed by atoms with E-state index >= 15 is 0 Å². The second-order valence-corrected chi connectivity index (χ2v) is 8.81. The van der Waals surface area contributed by atoms with Crippen molar-refractivity contribution in [2.24, 2.45) is 0 Å². The summed E-state index contributed by atoms with van der Waals surface area (Å²) in [6.45, 7) is 3.08. The Morgan fingerprint density at radius 1 is 1.07 bits per heavy atom. The molecule has 0 spiro atoms. The van der Waals surface area contributed by atoms with E-state index < -0.39 is 28.3 Å². The molecular weight excluding hydrogens is 413 g/mol. The molecule has 0 saturated heterocycles. The molecule has 1 N–H and O–H groups in total. The van der Waals surface area contributed by atoms with E-state index in [4.69, 9.17) is 27.9 Å². The molecule has 0 saturated carbocycles. The Morgan fingerprint density at radius 3 is 2.33 bits per heavy atom. The Hall–Kier alpha value is -2.09. The Bertz CT molecular complexity index is 995. The van der Waals surface area contributed by atoms with Crippen molar-refractivity contribution in [3.63, 3.8) is 0 Å². The Balaban J connectivity index is 2.09. The summed E-state index contributed by atoms with van der Waals surface area (Å²) in [7, 11) is -3.52. The van der Waals surface area contributed by atoms with Crippen LogP contribution in [0.15, 0.2) is 35.2 Å². The number of amides is 1. The first-order chi connectivity index (χ1) is 12.5. The number of aryl methyl sites for hydroxylation is 2. The molecule has 2 aromatic carbocycles. The van der Waals surface area contributed by atoms with E-state index in [1.165, 1.54) is 12.1 Å². The highest BCUT2D eigenvalue weighted by atomic mass is 35.5. The van der Waals surface area contributed by atoms with E-state index in [-0.39, 0.29) is 15.5 Å². The van der Waals surface area contributed by atoms with E-state index in [0.717, 1.165) is 23.4 Å². The van der Waals surface area contributed by atoms with Gasteiger partial charge in [0.25, 0.3) is 5.91 Å². The molecule has 27 heavy (non-hydrogen) atoms. The van der Waals surface area contributed by atoms with E-state index in [9.17, 15) is 18.0 Å². The zero-order chi connectivity index (χ0) is 20.4. The Morgan fingerprint density at radius 2 is 1.74 bits per heavy atom. The van der Waals surface area contributed by atoms with Crippen molar-refractivity contribution in [3.8, 4) is 0 Å². The lowest BCUT2D eigenvalue weighted by Crippen LogP contribution is -2.22. The van der Waals surface area contributed by atoms with Gasteiger partial charge in [-0.15, -0.1) is 0 Å². The topological polar surface area (TPSA) is 89.5 Å². The molecule has 0 aliphatic carbocycles. The first-order valence-corrected chi connectivity index (χ1v) is 10.4. The van der Waals surface area contributed by atoms with Gasteiger partial charge in [0.1, 0.15) is 0 Å². The van der Waals surface area contributed by atoms with Crippen molar-refractivity contribution >= 4 is 50.6 Å². The predicted molar refractivity (Wildman–Crippen MR) is 104 cm³/mol. The average molecular weight is 430 g/mol. The Labute approximate surface area is 167 Å². The summed E-state index contributed by atoms with van der Waals surface area (Å²) < 4.78 is 28.1. The van der Waals surface area contributed by atoms with Crippen LogP contribution >= 0.6 is 23.2 Å². The van der Waals surface area contributed by atoms with Gasteiger partial charge in [0.2, 0.25) is 0 Å². The number of rotatable bonds is 5. The van der Waals surface area contributed by atoms with Gasteiger partial charge >= 0.3 is 5.97 Å². The van der Waals surface area contributed by atoms with Gasteiger partial charge in [-0.2, -0.15) is 0 Å². The third-order valence-electron chi connectivity index (χ3n) is 3.62. The number of hydrogen-bond donors (Lipinski definition) is 1. The van der Waals surface area contributed by atoms with Crippen LogP contribution in [-0.4, -0.2) is 33.2 Å². The molecule has 0 atom stereocenters. The molecule has 1 amide bonds. The largest absolute Gasteiger partial charge is 0.452 e. The molecule has 6 nitrogen and oxygen atoms in total. The standard InChI is InChI=1S/C18H17Cl2NO5S/c1-10-6-11(2)17(15(20)7-10)21-16(22)9-26-18(23)13-8-12(27(3,24)25)4-5-14(13)19/h4-8H,9H2,1-3H3,(H,21,22). The van der Waals surface area contributed by atoms with E-state index in [1.807, 2.05) is 13.0 Å². The van der Waals surface area contributed by atoms with Gasteiger partial charge < -0.3 is 10.1 Å². The molecule has 0 radical (unpaired) electrons. The number of benzene rings is 2. The minimum absolute atomic E-state index is 0.0187. The van der Waals surface area contributed by atoms with Gasteiger partial charge in [0.05, 0.1) is 26.2 Å². The summed E-state index contributed by atoms with van der Waals surface area (Å²) in [5.74, 6) is -1.50. The van der Waals surface area contributed by atoms with Crippen LogP contribution < -0.4 is 5.32 Å². The van der Waals surface area contributed by atoms with Crippen LogP contribution in [0.4, 0.5) is 5.69 Å². The molecule has 2 aromatic rings. The fourth-order valence-electron chi connectivity index (χ4n) is 2.35. The highest BCUT2D eigenvalue weighted by Gasteiger charge is 2.18. The second-order valence-electron chi connectivity index (χ2n) is 5.98. The maximum absolute atomic E-state index is 12.2. The van der Waals surface area contributed by atoms with Crippen LogP contribution in [0.3, 0.4) is 0 Å².